The molecule has 0 fully saturated rings. The Labute approximate surface area is 96.0 Å². The number of anilines is 1. The molecule has 90 valence electrons. The van der Waals surface area contributed by atoms with Gasteiger partial charge in [0.25, 0.3) is 0 Å². The van der Waals surface area contributed by atoms with Gasteiger partial charge < -0.3 is 10.5 Å². The van der Waals surface area contributed by atoms with E-state index in [2.05, 4.69) is 11.8 Å². The summed E-state index contributed by atoms with van der Waals surface area (Å²) >= 11 is 0. The summed E-state index contributed by atoms with van der Waals surface area (Å²) in [6.45, 7) is 3.32. The Kier molecular flexibility index (Phi) is 4.71. The first-order chi connectivity index (χ1) is 7.54. The SMILES string of the molecule is COCC(C)N(C)Cc1cc(F)ccc1N. The van der Waals surface area contributed by atoms with E-state index in [-0.39, 0.29) is 11.9 Å². The minimum atomic E-state index is -0.253. The van der Waals surface area contributed by atoms with Crippen molar-refractivity contribution < 1.29 is 9.13 Å². The second-order valence-corrected chi connectivity index (χ2v) is 4.06. The van der Waals surface area contributed by atoms with E-state index in [1.807, 2.05) is 7.05 Å². The third kappa shape index (κ3) is 3.47. The van der Waals surface area contributed by atoms with Crippen molar-refractivity contribution in [2.75, 3.05) is 26.5 Å². The Hall–Kier alpha value is -1.13. The topological polar surface area (TPSA) is 38.5 Å². The number of rotatable bonds is 5. The summed E-state index contributed by atoms with van der Waals surface area (Å²) in [5, 5.41) is 0. The Bertz CT molecular complexity index is 344. The van der Waals surface area contributed by atoms with Gasteiger partial charge in [-0.2, -0.15) is 0 Å². The fraction of sp³-hybridized carbons (Fsp3) is 0.500. The largest absolute Gasteiger partial charge is 0.398 e. The standard InChI is InChI=1S/C12H19FN2O/c1-9(8-16-3)15(2)7-10-6-11(13)4-5-12(10)14/h4-6,9H,7-8,14H2,1-3H3. The minimum absolute atomic E-state index is 0.253. The van der Waals surface area contributed by atoms with E-state index >= 15 is 0 Å². The van der Waals surface area contributed by atoms with Crippen molar-refractivity contribution in [3.63, 3.8) is 0 Å². The van der Waals surface area contributed by atoms with Gasteiger partial charge in [-0.1, -0.05) is 0 Å². The predicted octanol–water partition coefficient (Wildman–Crippen LogP) is 1.87. The van der Waals surface area contributed by atoms with E-state index in [4.69, 9.17) is 10.5 Å². The Morgan fingerprint density at radius 1 is 1.50 bits per heavy atom. The molecular formula is C12H19FN2O. The number of nitrogens with two attached hydrogens (primary N) is 1. The second kappa shape index (κ2) is 5.82. The second-order valence-electron chi connectivity index (χ2n) is 4.06. The molecule has 1 unspecified atom stereocenters. The molecule has 0 spiro atoms. The van der Waals surface area contributed by atoms with Crippen molar-refractivity contribution >= 4 is 5.69 Å². The number of hydrogen-bond acceptors (Lipinski definition) is 3. The van der Waals surface area contributed by atoms with E-state index in [1.165, 1.54) is 12.1 Å². The number of ether oxygens (including phenoxy) is 1. The molecule has 0 aliphatic rings. The molecule has 0 saturated heterocycles. The molecule has 0 bridgehead atoms. The summed E-state index contributed by atoms with van der Waals surface area (Å²) in [4.78, 5) is 2.08. The average molecular weight is 226 g/mol. The highest BCUT2D eigenvalue weighted by molar-refractivity contribution is 5.46. The molecule has 1 aromatic carbocycles. The van der Waals surface area contributed by atoms with Crippen molar-refractivity contribution in [1.82, 2.24) is 4.90 Å². The average Bonchev–Trinajstić information content (AvgIpc) is 2.23. The Morgan fingerprint density at radius 2 is 2.19 bits per heavy atom. The van der Waals surface area contributed by atoms with Gasteiger partial charge in [0, 0.05) is 25.4 Å². The van der Waals surface area contributed by atoms with Crippen LogP contribution in [0.5, 0.6) is 0 Å². The van der Waals surface area contributed by atoms with Gasteiger partial charge in [0.2, 0.25) is 0 Å². The maximum atomic E-state index is 13.0. The highest BCUT2D eigenvalue weighted by atomic mass is 19.1. The van der Waals surface area contributed by atoms with Gasteiger partial charge in [-0.05, 0) is 37.7 Å². The van der Waals surface area contributed by atoms with E-state index in [0.29, 0.717) is 18.8 Å². The summed E-state index contributed by atoms with van der Waals surface area (Å²) in [6.07, 6.45) is 0. The lowest BCUT2D eigenvalue weighted by Crippen LogP contribution is -2.32. The smallest absolute Gasteiger partial charge is 0.123 e. The molecule has 1 aromatic rings. The summed E-state index contributed by atoms with van der Waals surface area (Å²) in [7, 11) is 3.63. The summed E-state index contributed by atoms with van der Waals surface area (Å²) < 4.78 is 18.1. The molecule has 1 atom stereocenters. The zero-order valence-corrected chi connectivity index (χ0v) is 10.0. The van der Waals surface area contributed by atoms with Crippen LogP contribution in [0, 0.1) is 5.82 Å². The quantitative estimate of drug-likeness (QED) is 0.779. The first kappa shape index (κ1) is 12.9. The molecule has 0 saturated carbocycles. The van der Waals surface area contributed by atoms with Crippen LogP contribution in [0.25, 0.3) is 0 Å². The first-order valence-corrected chi connectivity index (χ1v) is 5.27. The maximum Gasteiger partial charge on any atom is 0.123 e. The Balaban J connectivity index is 2.68. The molecule has 0 aliphatic heterocycles. The van der Waals surface area contributed by atoms with Gasteiger partial charge in [0.05, 0.1) is 6.61 Å². The van der Waals surface area contributed by atoms with Gasteiger partial charge in [-0.25, -0.2) is 4.39 Å². The molecule has 0 heterocycles. The fourth-order valence-electron chi connectivity index (χ4n) is 1.50. The summed E-state index contributed by atoms with van der Waals surface area (Å²) in [5.41, 5.74) is 7.22. The number of nitrogens with zero attached hydrogens (tertiary/aromatic N) is 1. The fourth-order valence-corrected chi connectivity index (χ4v) is 1.50. The minimum Gasteiger partial charge on any atom is -0.398 e. The maximum absolute atomic E-state index is 13.0. The van der Waals surface area contributed by atoms with Gasteiger partial charge in [-0.15, -0.1) is 0 Å². The summed E-state index contributed by atoms with van der Waals surface area (Å²) in [6, 6.07) is 4.72. The van der Waals surface area contributed by atoms with Gasteiger partial charge in [-0.3, -0.25) is 4.90 Å². The number of halogens is 1. The molecular weight excluding hydrogens is 207 g/mol. The van der Waals surface area contributed by atoms with Crippen molar-refractivity contribution in [3.8, 4) is 0 Å². The van der Waals surface area contributed by atoms with E-state index < -0.39 is 0 Å². The first-order valence-electron chi connectivity index (χ1n) is 5.27. The van der Waals surface area contributed by atoms with Crippen LogP contribution in [0.1, 0.15) is 12.5 Å². The number of benzene rings is 1. The van der Waals surface area contributed by atoms with Crippen LogP contribution in [0.15, 0.2) is 18.2 Å². The van der Waals surface area contributed by atoms with Crippen molar-refractivity contribution in [1.29, 1.82) is 0 Å². The normalized spacial score (nSPS) is 13.1. The van der Waals surface area contributed by atoms with Crippen LogP contribution in [0.3, 0.4) is 0 Å². The molecule has 16 heavy (non-hydrogen) atoms. The monoisotopic (exact) mass is 226 g/mol. The summed E-state index contributed by atoms with van der Waals surface area (Å²) in [5.74, 6) is -0.253. The predicted molar refractivity (Wildman–Crippen MR) is 63.6 cm³/mol. The highest BCUT2D eigenvalue weighted by Crippen LogP contribution is 2.16. The van der Waals surface area contributed by atoms with E-state index in [9.17, 15) is 4.39 Å². The van der Waals surface area contributed by atoms with Crippen molar-refractivity contribution in [3.05, 3.63) is 29.6 Å². The lowest BCUT2D eigenvalue weighted by molar-refractivity contribution is 0.112. The van der Waals surface area contributed by atoms with Crippen LogP contribution >= 0.6 is 0 Å². The molecule has 0 amide bonds. The van der Waals surface area contributed by atoms with Crippen LogP contribution < -0.4 is 5.73 Å². The van der Waals surface area contributed by atoms with Gasteiger partial charge >= 0.3 is 0 Å². The molecule has 1 rings (SSSR count). The van der Waals surface area contributed by atoms with E-state index in [1.54, 1.807) is 13.2 Å². The van der Waals surface area contributed by atoms with Crippen LogP contribution in [-0.4, -0.2) is 31.7 Å². The third-order valence-corrected chi connectivity index (χ3v) is 2.69. The van der Waals surface area contributed by atoms with Crippen molar-refractivity contribution in [2.24, 2.45) is 0 Å². The number of likely N-dealkylation sites (N-methyl/N-ethyl adjacent to an activating group) is 1. The lowest BCUT2D eigenvalue weighted by Gasteiger charge is -2.24. The molecule has 4 heteroatoms. The zero-order valence-electron chi connectivity index (χ0n) is 10.0. The molecule has 0 radical (unpaired) electrons. The van der Waals surface area contributed by atoms with Crippen LogP contribution in [0.2, 0.25) is 0 Å². The molecule has 3 nitrogen and oxygen atoms in total. The number of methoxy groups -OCH3 is 1. The van der Waals surface area contributed by atoms with Crippen molar-refractivity contribution in [2.45, 2.75) is 19.5 Å². The molecule has 2 N–H and O–H groups in total. The molecule has 0 aromatic heterocycles. The molecule has 0 aliphatic carbocycles. The number of hydrogen-bond donors (Lipinski definition) is 1. The number of nitrogen functional groups attached to an aromatic ring is 1. The van der Waals surface area contributed by atoms with Crippen LogP contribution in [-0.2, 0) is 11.3 Å². The van der Waals surface area contributed by atoms with Gasteiger partial charge in [0.15, 0.2) is 0 Å². The zero-order chi connectivity index (χ0) is 12.1. The lowest BCUT2D eigenvalue weighted by atomic mass is 10.1. The highest BCUT2D eigenvalue weighted by Gasteiger charge is 2.11. The third-order valence-electron chi connectivity index (χ3n) is 2.69. The Morgan fingerprint density at radius 3 is 2.81 bits per heavy atom. The van der Waals surface area contributed by atoms with Gasteiger partial charge in [0.1, 0.15) is 5.82 Å². The van der Waals surface area contributed by atoms with E-state index in [0.717, 1.165) is 5.56 Å². The van der Waals surface area contributed by atoms with Crippen LogP contribution in [0.4, 0.5) is 10.1 Å².